The molecule has 0 saturated carbocycles. The van der Waals surface area contributed by atoms with Crippen LogP contribution in [0.1, 0.15) is 24.0 Å². The van der Waals surface area contributed by atoms with Crippen LogP contribution in [0.25, 0.3) is 10.9 Å². The highest BCUT2D eigenvalue weighted by Crippen LogP contribution is 2.31. The fraction of sp³-hybridized carbons (Fsp3) is 0.304. The predicted octanol–water partition coefficient (Wildman–Crippen LogP) is 2.98. The highest BCUT2D eigenvalue weighted by atomic mass is 16.6. The van der Waals surface area contributed by atoms with Crippen LogP contribution in [0.15, 0.2) is 53.3 Å². The van der Waals surface area contributed by atoms with Crippen LogP contribution in [-0.4, -0.2) is 30.6 Å². The van der Waals surface area contributed by atoms with Gasteiger partial charge in [-0.05, 0) is 54.5 Å². The molecule has 0 bridgehead atoms. The van der Waals surface area contributed by atoms with Crippen molar-refractivity contribution in [1.82, 2.24) is 10.3 Å². The van der Waals surface area contributed by atoms with Gasteiger partial charge < -0.3 is 19.8 Å². The molecule has 29 heavy (non-hydrogen) atoms. The van der Waals surface area contributed by atoms with Crippen molar-refractivity contribution in [3.63, 3.8) is 0 Å². The van der Waals surface area contributed by atoms with E-state index in [1.807, 2.05) is 48.5 Å². The van der Waals surface area contributed by atoms with E-state index in [2.05, 4.69) is 10.3 Å². The molecule has 0 spiro atoms. The third kappa shape index (κ3) is 4.77. The number of pyridine rings is 1. The van der Waals surface area contributed by atoms with E-state index in [1.54, 1.807) is 0 Å². The minimum atomic E-state index is -0.100. The number of aryl methyl sites for hydroxylation is 1. The number of ether oxygens (including phenoxy) is 2. The number of aromatic nitrogens is 1. The Morgan fingerprint density at radius 2 is 1.83 bits per heavy atom. The minimum absolute atomic E-state index is 0.000221. The van der Waals surface area contributed by atoms with Crippen LogP contribution in [0.5, 0.6) is 11.5 Å². The minimum Gasteiger partial charge on any atom is -0.486 e. The maximum atomic E-state index is 12.2. The number of carbonyl (C=O) groups excluding carboxylic acids is 1. The van der Waals surface area contributed by atoms with E-state index in [0.717, 1.165) is 40.8 Å². The summed E-state index contributed by atoms with van der Waals surface area (Å²) in [5.41, 5.74) is 2.53. The molecule has 150 valence electrons. The fourth-order valence-corrected chi connectivity index (χ4v) is 3.50. The third-order valence-electron chi connectivity index (χ3n) is 5.02. The Morgan fingerprint density at radius 1 is 1.00 bits per heavy atom. The second-order valence-corrected chi connectivity index (χ2v) is 7.14. The van der Waals surface area contributed by atoms with E-state index in [4.69, 9.17) is 9.47 Å². The Bertz CT molecular complexity index is 1070. The second kappa shape index (κ2) is 8.82. The lowest BCUT2D eigenvalue weighted by molar-refractivity contribution is -0.121. The van der Waals surface area contributed by atoms with Crippen LogP contribution in [0.3, 0.4) is 0 Å². The average Bonchev–Trinajstić information content (AvgIpc) is 2.74. The molecular formula is C23H24N2O4. The summed E-state index contributed by atoms with van der Waals surface area (Å²) in [6.45, 7) is 1.60. The van der Waals surface area contributed by atoms with Crippen LogP contribution in [0.2, 0.25) is 0 Å². The first-order valence-electron chi connectivity index (χ1n) is 9.95. The van der Waals surface area contributed by atoms with Gasteiger partial charge in [0.05, 0.1) is 0 Å². The lowest BCUT2D eigenvalue weighted by Gasteiger charge is -2.18. The van der Waals surface area contributed by atoms with Crippen molar-refractivity contribution in [2.45, 2.75) is 25.7 Å². The number of carbonyl (C=O) groups is 1. The maximum Gasteiger partial charge on any atom is 0.251 e. The monoisotopic (exact) mass is 392 g/mol. The molecule has 0 radical (unpaired) electrons. The summed E-state index contributed by atoms with van der Waals surface area (Å²) in [6.07, 6.45) is 2.51. The number of para-hydroxylation sites is 1. The molecule has 0 fully saturated rings. The van der Waals surface area contributed by atoms with Crippen molar-refractivity contribution in [1.29, 1.82) is 0 Å². The predicted molar refractivity (Wildman–Crippen MR) is 112 cm³/mol. The zero-order chi connectivity index (χ0) is 20.1. The van der Waals surface area contributed by atoms with Gasteiger partial charge in [0, 0.05) is 24.0 Å². The maximum absolute atomic E-state index is 12.2. The van der Waals surface area contributed by atoms with E-state index < -0.39 is 0 Å². The van der Waals surface area contributed by atoms with E-state index in [-0.39, 0.29) is 11.5 Å². The largest absolute Gasteiger partial charge is 0.486 e. The second-order valence-electron chi connectivity index (χ2n) is 7.14. The summed E-state index contributed by atoms with van der Waals surface area (Å²) in [5, 5.41) is 3.90. The Labute approximate surface area is 168 Å². The molecule has 0 aliphatic carbocycles. The smallest absolute Gasteiger partial charge is 0.251 e. The van der Waals surface area contributed by atoms with Crippen LogP contribution in [0.4, 0.5) is 0 Å². The number of H-pyrrole nitrogens is 1. The van der Waals surface area contributed by atoms with E-state index in [0.29, 0.717) is 38.2 Å². The summed E-state index contributed by atoms with van der Waals surface area (Å²) in [6, 6.07) is 15.5. The first kappa shape index (κ1) is 19.1. The van der Waals surface area contributed by atoms with Crippen molar-refractivity contribution in [2.24, 2.45) is 0 Å². The molecule has 6 nitrogen and oxygen atoms in total. The number of benzene rings is 2. The zero-order valence-electron chi connectivity index (χ0n) is 16.2. The Morgan fingerprint density at radius 3 is 2.72 bits per heavy atom. The molecule has 2 heterocycles. The van der Waals surface area contributed by atoms with Gasteiger partial charge in [-0.25, -0.2) is 0 Å². The molecular weight excluding hydrogens is 368 g/mol. The van der Waals surface area contributed by atoms with Gasteiger partial charge in [0.15, 0.2) is 11.5 Å². The molecule has 6 heteroatoms. The van der Waals surface area contributed by atoms with E-state index >= 15 is 0 Å². The summed E-state index contributed by atoms with van der Waals surface area (Å²) in [4.78, 5) is 27.1. The summed E-state index contributed by atoms with van der Waals surface area (Å²) in [5.74, 6) is 1.56. The number of nitrogens with one attached hydrogen (secondary N) is 2. The molecule has 0 unspecified atom stereocenters. The van der Waals surface area contributed by atoms with Crippen molar-refractivity contribution in [3.05, 3.63) is 70.0 Å². The molecule has 0 saturated heterocycles. The zero-order valence-corrected chi connectivity index (χ0v) is 16.2. The van der Waals surface area contributed by atoms with Gasteiger partial charge in [0.25, 0.3) is 5.56 Å². The van der Waals surface area contributed by atoms with Gasteiger partial charge in [-0.15, -0.1) is 0 Å². The molecule has 1 aliphatic rings. The van der Waals surface area contributed by atoms with Gasteiger partial charge in [-0.2, -0.15) is 0 Å². The first-order valence-corrected chi connectivity index (χ1v) is 9.95. The first-order chi connectivity index (χ1) is 14.2. The average molecular weight is 392 g/mol. The Balaban J connectivity index is 1.22. The topological polar surface area (TPSA) is 80.4 Å². The SMILES string of the molecule is O=C(CCCc1ccc2c(c1)OCCO2)NCCc1cc2ccccc2[nH]c1=O. The molecule has 2 N–H and O–H groups in total. The molecule has 2 aromatic carbocycles. The Kier molecular flexibility index (Phi) is 5.79. The third-order valence-corrected chi connectivity index (χ3v) is 5.02. The van der Waals surface area contributed by atoms with Gasteiger partial charge >= 0.3 is 0 Å². The number of aromatic amines is 1. The van der Waals surface area contributed by atoms with Crippen LogP contribution >= 0.6 is 0 Å². The summed E-state index contributed by atoms with van der Waals surface area (Å²) < 4.78 is 11.1. The van der Waals surface area contributed by atoms with Crippen LogP contribution in [-0.2, 0) is 17.6 Å². The van der Waals surface area contributed by atoms with Gasteiger partial charge in [0.2, 0.25) is 5.91 Å². The molecule has 1 aliphatic heterocycles. The molecule has 1 aromatic heterocycles. The highest BCUT2D eigenvalue weighted by Gasteiger charge is 2.12. The van der Waals surface area contributed by atoms with E-state index in [1.165, 1.54) is 0 Å². The molecule has 1 amide bonds. The molecule has 4 rings (SSSR count). The van der Waals surface area contributed by atoms with Crippen molar-refractivity contribution < 1.29 is 14.3 Å². The molecule has 0 atom stereocenters. The number of fused-ring (bicyclic) bond motifs is 2. The van der Waals surface area contributed by atoms with Crippen LogP contribution in [0, 0.1) is 0 Å². The quantitative estimate of drug-likeness (QED) is 0.648. The van der Waals surface area contributed by atoms with Crippen molar-refractivity contribution in [2.75, 3.05) is 19.8 Å². The van der Waals surface area contributed by atoms with E-state index in [9.17, 15) is 9.59 Å². The number of hydrogen-bond acceptors (Lipinski definition) is 4. The van der Waals surface area contributed by atoms with Gasteiger partial charge in [-0.3, -0.25) is 9.59 Å². The Hall–Kier alpha value is -3.28. The molecule has 3 aromatic rings. The van der Waals surface area contributed by atoms with Gasteiger partial charge in [-0.1, -0.05) is 24.3 Å². The lowest BCUT2D eigenvalue weighted by atomic mass is 10.1. The van der Waals surface area contributed by atoms with Crippen molar-refractivity contribution in [3.8, 4) is 11.5 Å². The number of amides is 1. The summed E-state index contributed by atoms with van der Waals surface area (Å²) in [7, 11) is 0. The highest BCUT2D eigenvalue weighted by molar-refractivity contribution is 5.78. The summed E-state index contributed by atoms with van der Waals surface area (Å²) >= 11 is 0. The standard InChI is InChI=1S/C23H24N2O4/c26-22(7-3-4-16-8-9-20-21(14-16)29-13-12-28-20)24-11-10-18-15-17-5-1-2-6-19(17)25-23(18)27/h1-2,5-6,8-9,14-15H,3-4,7,10-13H2,(H,24,26)(H,25,27). The number of hydrogen-bond donors (Lipinski definition) is 2. The normalized spacial score (nSPS) is 12.7. The lowest BCUT2D eigenvalue weighted by Crippen LogP contribution is -2.27. The van der Waals surface area contributed by atoms with Crippen molar-refractivity contribution >= 4 is 16.8 Å². The fourth-order valence-electron chi connectivity index (χ4n) is 3.50. The number of rotatable bonds is 7. The van der Waals surface area contributed by atoms with Crippen LogP contribution < -0.4 is 20.3 Å². The van der Waals surface area contributed by atoms with Gasteiger partial charge in [0.1, 0.15) is 13.2 Å².